The van der Waals surface area contributed by atoms with Crippen LogP contribution in [0.3, 0.4) is 0 Å². The van der Waals surface area contributed by atoms with Crippen LogP contribution in [-0.4, -0.2) is 24.2 Å². The zero-order chi connectivity index (χ0) is 11.9. The molecule has 0 spiro atoms. The topological polar surface area (TPSA) is 57.9 Å². The van der Waals surface area contributed by atoms with E-state index < -0.39 is 0 Å². The molecule has 1 heterocycles. The molecule has 4 heteroatoms. The van der Waals surface area contributed by atoms with Crippen LogP contribution in [0.5, 0.6) is 0 Å². The summed E-state index contributed by atoms with van der Waals surface area (Å²) in [5.41, 5.74) is 0.624. The van der Waals surface area contributed by atoms with Crippen LogP contribution in [0.2, 0.25) is 0 Å². The van der Waals surface area contributed by atoms with Gasteiger partial charge in [0, 0.05) is 12.7 Å². The SMILES string of the molecule is N#Cc1ccnc(NCCOC2CCCC2)c1. The molecular weight excluding hydrogens is 214 g/mol. The van der Waals surface area contributed by atoms with Gasteiger partial charge in [0.05, 0.1) is 24.3 Å². The van der Waals surface area contributed by atoms with E-state index in [9.17, 15) is 0 Å². The Bertz CT molecular complexity index is 394. The highest BCUT2D eigenvalue weighted by atomic mass is 16.5. The van der Waals surface area contributed by atoms with Crippen molar-refractivity contribution in [3.63, 3.8) is 0 Å². The molecule has 1 N–H and O–H groups in total. The molecule has 0 radical (unpaired) electrons. The lowest BCUT2D eigenvalue weighted by Gasteiger charge is -2.11. The summed E-state index contributed by atoms with van der Waals surface area (Å²) in [6, 6.07) is 5.53. The van der Waals surface area contributed by atoms with Crippen LogP contribution in [0, 0.1) is 11.3 Å². The number of nitriles is 1. The van der Waals surface area contributed by atoms with Crippen molar-refractivity contribution in [3.05, 3.63) is 23.9 Å². The number of aromatic nitrogens is 1. The fourth-order valence-electron chi connectivity index (χ4n) is 2.06. The lowest BCUT2D eigenvalue weighted by Crippen LogP contribution is -2.15. The first-order valence-electron chi connectivity index (χ1n) is 6.10. The minimum Gasteiger partial charge on any atom is -0.376 e. The largest absolute Gasteiger partial charge is 0.376 e. The van der Waals surface area contributed by atoms with E-state index in [1.807, 2.05) is 0 Å². The summed E-state index contributed by atoms with van der Waals surface area (Å²) in [6.07, 6.45) is 7.08. The number of hydrogen-bond acceptors (Lipinski definition) is 4. The Morgan fingerprint density at radius 2 is 2.29 bits per heavy atom. The second kappa shape index (κ2) is 6.21. The Morgan fingerprint density at radius 3 is 3.06 bits per heavy atom. The Hall–Kier alpha value is -1.60. The van der Waals surface area contributed by atoms with E-state index in [1.165, 1.54) is 25.7 Å². The average molecular weight is 231 g/mol. The Kier molecular flexibility index (Phi) is 4.34. The third kappa shape index (κ3) is 3.72. The van der Waals surface area contributed by atoms with Gasteiger partial charge in [0.15, 0.2) is 0 Å². The Balaban J connectivity index is 1.68. The van der Waals surface area contributed by atoms with Crippen molar-refractivity contribution in [2.45, 2.75) is 31.8 Å². The van der Waals surface area contributed by atoms with Crippen molar-refractivity contribution >= 4 is 5.82 Å². The third-order valence-corrected chi connectivity index (χ3v) is 2.95. The van der Waals surface area contributed by atoms with Crippen LogP contribution >= 0.6 is 0 Å². The van der Waals surface area contributed by atoms with Gasteiger partial charge in [0.25, 0.3) is 0 Å². The quantitative estimate of drug-likeness (QED) is 0.790. The van der Waals surface area contributed by atoms with Crippen molar-refractivity contribution in [3.8, 4) is 6.07 Å². The first-order chi connectivity index (χ1) is 8.38. The highest BCUT2D eigenvalue weighted by Gasteiger charge is 2.14. The van der Waals surface area contributed by atoms with E-state index in [-0.39, 0.29) is 0 Å². The number of anilines is 1. The fraction of sp³-hybridized carbons (Fsp3) is 0.538. The molecule has 1 fully saturated rings. The highest BCUT2D eigenvalue weighted by molar-refractivity contribution is 5.42. The van der Waals surface area contributed by atoms with E-state index >= 15 is 0 Å². The molecule has 1 aromatic rings. The van der Waals surface area contributed by atoms with Gasteiger partial charge in [0.2, 0.25) is 0 Å². The molecule has 0 unspecified atom stereocenters. The third-order valence-electron chi connectivity index (χ3n) is 2.95. The normalized spacial score (nSPS) is 15.7. The van der Waals surface area contributed by atoms with Crippen LogP contribution in [0.4, 0.5) is 5.82 Å². The minimum atomic E-state index is 0.454. The second-order valence-corrected chi connectivity index (χ2v) is 4.25. The lowest BCUT2D eigenvalue weighted by atomic mass is 10.3. The summed E-state index contributed by atoms with van der Waals surface area (Å²) in [7, 11) is 0. The molecule has 90 valence electrons. The Morgan fingerprint density at radius 1 is 1.47 bits per heavy atom. The number of nitrogens with one attached hydrogen (secondary N) is 1. The van der Waals surface area contributed by atoms with Crippen LogP contribution in [0.1, 0.15) is 31.2 Å². The summed E-state index contributed by atoms with van der Waals surface area (Å²) < 4.78 is 5.73. The number of pyridine rings is 1. The zero-order valence-electron chi connectivity index (χ0n) is 9.85. The summed E-state index contributed by atoms with van der Waals surface area (Å²) >= 11 is 0. The van der Waals surface area contributed by atoms with Crippen molar-refractivity contribution in [2.75, 3.05) is 18.5 Å². The van der Waals surface area contributed by atoms with Crippen molar-refractivity contribution < 1.29 is 4.74 Å². The van der Waals surface area contributed by atoms with Gasteiger partial charge in [-0.05, 0) is 25.0 Å². The average Bonchev–Trinajstić information content (AvgIpc) is 2.88. The van der Waals surface area contributed by atoms with E-state index in [0.29, 0.717) is 18.3 Å². The number of hydrogen-bond donors (Lipinski definition) is 1. The van der Waals surface area contributed by atoms with Crippen LogP contribution in [0.15, 0.2) is 18.3 Å². The Labute approximate surface area is 102 Å². The molecule has 0 aromatic carbocycles. The molecule has 17 heavy (non-hydrogen) atoms. The van der Waals surface area contributed by atoms with Gasteiger partial charge in [-0.1, -0.05) is 12.8 Å². The number of nitrogens with zero attached hydrogens (tertiary/aromatic N) is 2. The maximum atomic E-state index is 8.75. The molecule has 2 rings (SSSR count). The van der Waals surface area contributed by atoms with E-state index in [4.69, 9.17) is 10.00 Å². The van der Waals surface area contributed by atoms with Gasteiger partial charge in [-0.2, -0.15) is 5.26 Å². The molecule has 1 aromatic heterocycles. The summed E-state index contributed by atoms with van der Waals surface area (Å²) in [5.74, 6) is 0.735. The molecule has 0 aliphatic heterocycles. The molecule has 1 saturated carbocycles. The zero-order valence-corrected chi connectivity index (χ0v) is 9.85. The van der Waals surface area contributed by atoms with Gasteiger partial charge >= 0.3 is 0 Å². The van der Waals surface area contributed by atoms with Gasteiger partial charge in [-0.3, -0.25) is 0 Å². The molecule has 0 amide bonds. The van der Waals surface area contributed by atoms with Crippen molar-refractivity contribution in [1.29, 1.82) is 5.26 Å². The fourth-order valence-corrected chi connectivity index (χ4v) is 2.06. The predicted molar refractivity (Wildman–Crippen MR) is 65.6 cm³/mol. The van der Waals surface area contributed by atoms with E-state index in [1.54, 1.807) is 18.3 Å². The smallest absolute Gasteiger partial charge is 0.127 e. The lowest BCUT2D eigenvalue weighted by molar-refractivity contribution is 0.0658. The monoisotopic (exact) mass is 231 g/mol. The molecule has 0 bridgehead atoms. The van der Waals surface area contributed by atoms with E-state index in [0.717, 1.165) is 12.4 Å². The first-order valence-corrected chi connectivity index (χ1v) is 6.10. The molecule has 4 nitrogen and oxygen atoms in total. The molecule has 1 aliphatic rings. The van der Waals surface area contributed by atoms with E-state index in [2.05, 4.69) is 16.4 Å². The minimum absolute atomic E-state index is 0.454. The standard InChI is InChI=1S/C13H17N3O/c14-10-11-5-6-15-13(9-11)16-7-8-17-12-3-1-2-4-12/h5-6,9,12H,1-4,7-8H2,(H,15,16). The van der Waals surface area contributed by atoms with Gasteiger partial charge in [-0.15, -0.1) is 0 Å². The number of ether oxygens (including phenoxy) is 1. The van der Waals surface area contributed by atoms with Crippen LogP contribution in [0.25, 0.3) is 0 Å². The molecule has 0 saturated heterocycles. The van der Waals surface area contributed by atoms with Gasteiger partial charge in [-0.25, -0.2) is 4.98 Å². The maximum absolute atomic E-state index is 8.75. The summed E-state index contributed by atoms with van der Waals surface area (Å²) in [4.78, 5) is 4.14. The molecule has 0 atom stereocenters. The first kappa shape index (κ1) is 11.9. The second-order valence-electron chi connectivity index (χ2n) is 4.25. The van der Waals surface area contributed by atoms with Crippen LogP contribution in [-0.2, 0) is 4.74 Å². The molecular formula is C13H17N3O. The number of rotatable bonds is 5. The highest BCUT2D eigenvalue weighted by Crippen LogP contribution is 2.20. The van der Waals surface area contributed by atoms with Crippen molar-refractivity contribution in [1.82, 2.24) is 4.98 Å². The van der Waals surface area contributed by atoms with Crippen molar-refractivity contribution in [2.24, 2.45) is 0 Å². The maximum Gasteiger partial charge on any atom is 0.127 e. The van der Waals surface area contributed by atoms with Crippen LogP contribution < -0.4 is 5.32 Å². The van der Waals surface area contributed by atoms with Gasteiger partial charge < -0.3 is 10.1 Å². The summed E-state index contributed by atoms with van der Waals surface area (Å²) in [5, 5.41) is 11.9. The van der Waals surface area contributed by atoms with Gasteiger partial charge in [0.1, 0.15) is 5.82 Å². The predicted octanol–water partition coefficient (Wildman–Crippen LogP) is 2.32. The summed E-state index contributed by atoms with van der Waals surface area (Å²) in [6.45, 7) is 1.43. The molecule has 1 aliphatic carbocycles.